The second-order valence-corrected chi connectivity index (χ2v) is 6.73. The van der Waals surface area contributed by atoms with Crippen molar-refractivity contribution in [3.05, 3.63) is 35.6 Å². The second kappa shape index (κ2) is 6.03. The number of aliphatic hydroxyl groups is 1. The molecule has 3 rings (SSSR count). The molecule has 0 spiro atoms. The summed E-state index contributed by atoms with van der Waals surface area (Å²) in [5.74, 6) is -0.0193. The third kappa shape index (κ3) is 2.98. The number of benzene rings is 1. The van der Waals surface area contributed by atoms with Gasteiger partial charge in [0, 0.05) is 30.2 Å². The van der Waals surface area contributed by atoms with Crippen LogP contribution in [0.15, 0.2) is 24.3 Å². The van der Waals surface area contributed by atoms with Crippen LogP contribution in [0.2, 0.25) is 0 Å². The molecular formula is C17H25FN2O. The Morgan fingerprint density at radius 3 is 2.52 bits per heavy atom. The quantitative estimate of drug-likeness (QED) is 0.896. The van der Waals surface area contributed by atoms with Crippen molar-refractivity contribution in [1.29, 1.82) is 0 Å². The first kappa shape index (κ1) is 14.9. The molecule has 0 saturated carbocycles. The zero-order valence-electron chi connectivity index (χ0n) is 12.6. The zero-order chi connectivity index (χ0) is 15.0. The number of aliphatic hydroxyl groups excluding tert-OH is 1. The summed E-state index contributed by atoms with van der Waals surface area (Å²) in [5, 5.41) is 9.86. The Balaban J connectivity index is 1.67. The van der Waals surface area contributed by atoms with Gasteiger partial charge in [-0.05, 0) is 37.7 Å². The van der Waals surface area contributed by atoms with Gasteiger partial charge in [-0.2, -0.15) is 0 Å². The fourth-order valence-corrected chi connectivity index (χ4v) is 4.04. The van der Waals surface area contributed by atoms with E-state index in [1.54, 1.807) is 12.1 Å². The molecular weight excluding hydrogens is 267 g/mol. The van der Waals surface area contributed by atoms with Gasteiger partial charge in [0.05, 0.1) is 6.10 Å². The zero-order valence-corrected chi connectivity index (χ0v) is 12.6. The maximum Gasteiger partial charge on any atom is 0.127 e. The van der Waals surface area contributed by atoms with E-state index in [1.807, 2.05) is 6.07 Å². The highest BCUT2D eigenvalue weighted by Crippen LogP contribution is 2.37. The number of nitrogens with zero attached hydrogens (tertiary/aromatic N) is 1. The summed E-state index contributed by atoms with van der Waals surface area (Å²) in [5.41, 5.74) is 6.88. The Morgan fingerprint density at radius 2 is 1.90 bits per heavy atom. The molecule has 1 aromatic carbocycles. The van der Waals surface area contributed by atoms with Crippen molar-refractivity contribution >= 4 is 0 Å². The van der Waals surface area contributed by atoms with E-state index < -0.39 is 0 Å². The van der Waals surface area contributed by atoms with Gasteiger partial charge in [-0.15, -0.1) is 0 Å². The van der Waals surface area contributed by atoms with E-state index in [2.05, 4.69) is 11.8 Å². The Labute approximate surface area is 125 Å². The topological polar surface area (TPSA) is 49.5 Å². The Kier molecular flexibility index (Phi) is 4.29. The number of fused-ring (bicyclic) bond motifs is 2. The van der Waals surface area contributed by atoms with Gasteiger partial charge >= 0.3 is 0 Å². The number of nitrogens with two attached hydrogens (primary N) is 1. The first-order chi connectivity index (χ1) is 10.1. The average molecular weight is 292 g/mol. The molecule has 2 aliphatic heterocycles. The van der Waals surface area contributed by atoms with Crippen LogP contribution in [0.4, 0.5) is 4.39 Å². The molecule has 2 heterocycles. The first-order valence-corrected chi connectivity index (χ1v) is 8.00. The molecule has 0 aliphatic carbocycles. The Morgan fingerprint density at radius 1 is 1.29 bits per heavy atom. The van der Waals surface area contributed by atoms with E-state index in [0.717, 1.165) is 19.4 Å². The van der Waals surface area contributed by atoms with Gasteiger partial charge < -0.3 is 10.8 Å². The maximum atomic E-state index is 13.9. The molecule has 2 saturated heterocycles. The van der Waals surface area contributed by atoms with Crippen LogP contribution in [0.5, 0.6) is 0 Å². The van der Waals surface area contributed by atoms with Crippen LogP contribution in [-0.2, 0) is 0 Å². The van der Waals surface area contributed by atoms with Crippen LogP contribution in [0, 0.1) is 11.7 Å². The third-order valence-corrected chi connectivity index (χ3v) is 5.24. The van der Waals surface area contributed by atoms with Crippen molar-refractivity contribution < 1.29 is 9.50 Å². The number of halogens is 1. The van der Waals surface area contributed by atoms with Crippen LogP contribution in [-0.4, -0.2) is 34.7 Å². The van der Waals surface area contributed by atoms with Crippen molar-refractivity contribution in [3.8, 4) is 0 Å². The highest BCUT2D eigenvalue weighted by molar-refractivity contribution is 5.21. The molecule has 116 valence electrons. The van der Waals surface area contributed by atoms with Crippen molar-refractivity contribution in [2.45, 2.75) is 56.8 Å². The van der Waals surface area contributed by atoms with E-state index in [9.17, 15) is 9.50 Å². The van der Waals surface area contributed by atoms with Crippen LogP contribution < -0.4 is 5.73 Å². The smallest absolute Gasteiger partial charge is 0.127 e. The summed E-state index contributed by atoms with van der Waals surface area (Å²) >= 11 is 0. The van der Waals surface area contributed by atoms with Gasteiger partial charge in [-0.3, -0.25) is 4.90 Å². The van der Waals surface area contributed by atoms with Crippen LogP contribution in [0.3, 0.4) is 0 Å². The molecule has 4 heteroatoms. The lowest BCUT2D eigenvalue weighted by Gasteiger charge is -2.39. The van der Waals surface area contributed by atoms with Crippen LogP contribution in [0.1, 0.15) is 44.2 Å². The summed E-state index contributed by atoms with van der Waals surface area (Å²) in [6, 6.07) is 7.47. The molecule has 2 bridgehead atoms. The Hall–Kier alpha value is -0.970. The largest absolute Gasteiger partial charge is 0.393 e. The number of hydrogen-bond donors (Lipinski definition) is 2. The molecule has 2 aliphatic rings. The molecule has 3 nitrogen and oxygen atoms in total. The molecule has 2 fully saturated rings. The van der Waals surface area contributed by atoms with E-state index in [1.165, 1.54) is 18.9 Å². The molecule has 4 atom stereocenters. The van der Waals surface area contributed by atoms with Crippen LogP contribution in [0.25, 0.3) is 0 Å². The molecule has 0 radical (unpaired) electrons. The highest BCUT2D eigenvalue weighted by atomic mass is 19.1. The van der Waals surface area contributed by atoms with Gasteiger partial charge in [-0.25, -0.2) is 4.39 Å². The Bertz CT molecular complexity index is 481. The van der Waals surface area contributed by atoms with Crippen molar-refractivity contribution in [2.75, 3.05) is 6.54 Å². The molecule has 0 aromatic heterocycles. The first-order valence-electron chi connectivity index (χ1n) is 8.00. The van der Waals surface area contributed by atoms with Gasteiger partial charge in [0.25, 0.3) is 0 Å². The van der Waals surface area contributed by atoms with Gasteiger partial charge in [0.1, 0.15) is 5.82 Å². The fraction of sp³-hybridized carbons (Fsp3) is 0.647. The van der Waals surface area contributed by atoms with Crippen molar-refractivity contribution in [3.63, 3.8) is 0 Å². The van der Waals surface area contributed by atoms with E-state index in [4.69, 9.17) is 5.73 Å². The summed E-state index contributed by atoms with van der Waals surface area (Å²) in [7, 11) is 0. The highest BCUT2D eigenvalue weighted by Gasteiger charge is 2.40. The minimum Gasteiger partial charge on any atom is -0.393 e. The van der Waals surface area contributed by atoms with E-state index in [0.29, 0.717) is 17.6 Å². The van der Waals surface area contributed by atoms with E-state index >= 15 is 0 Å². The maximum absolute atomic E-state index is 13.9. The second-order valence-electron chi connectivity index (χ2n) is 6.73. The number of piperidine rings is 1. The summed E-state index contributed by atoms with van der Waals surface area (Å²) in [6.45, 7) is 2.99. The molecule has 3 N–H and O–H groups in total. The van der Waals surface area contributed by atoms with Gasteiger partial charge in [-0.1, -0.05) is 25.1 Å². The summed E-state index contributed by atoms with van der Waals surface area (Å²) in [6.07, 6.45) is 3.94. The fourth-order valence-electron chi connectivity index (χ4n) is 4.04. The van der Waals surface area contributed by atoms with Crippen LogP contribution >= 0.6 is 0 Å². The van der Waals surface area contributed by atoms with E-state index in [-0.39, 0.29) is 23.9 Å². The summed E-state index contributed by atoms with van der Waals surface area (Å²) in [4.78, 5) is 2.50. The third-order valence-electron chi connectivity index (χ3n) is 5.24. The monoisotopic (exact) mass is 292 g/mol. The summed E-state index contributed by atoms with van der Waals surface area (Å²) < 4.78 is 13.9. The van der Waals surface area contributed by atoms with Crippen molar-refractivity contribution in [2.24, 2.45) is 11.7 Å². The molecule has 1 aromatic rings. The molecule has 0 amide bonds. The number of rotatable bonds is 4. The predicted octanol–water partition coefficient (Wildman–Crippen LogP) is 2.45. The van der Waals surface area contributed by atoms with Gasteiger partial charge in [0.2, 0.25) is 0 Å². The standard InChI is InChI=1S/C17H25FN2O/c1-11(17(19)15-4-2-3-5-16(15)18)10-20-12-6-7-13(20)9-14(21)8-12/h2-5,11-14,17,21H,6-10,19H2,1H3. The molecule has 4 unspecified atom stereocenters. The number of hydrogen-bond acceptors (Lipinski definition) is 3. The lowest BCUT2D eigenvalue weighted by atomic mass is 9.92. The minimum absolute atomic E-state index is 0.144. The molecule has 21 heavy (non-hydrogen) atoms. The van der Waals surface area contributed by atoms with Gasteiger partial charge in [0.15, 0.2) is 0 Å². The predicted molar refractivity (Wildman–Crippen MR) is 81.2 cm³/mol. The normalized spacial score (nSPS) is 32.1. The lowest BCUT2D eigenvalue weighted by molar-refractivity contribution is 0.0261. The lowest BCUT2D eigenvalue weighted by Crippen LogP contribution is -2.47. The minimum atomic E-state index is -0.280. The average Bonchev–Trinajstić information content (AvgIpc) is 2.70. The SMILES string of the molecule is CC(CN1C2CCC1CC(O)C2)C(N)c1ccccc1F. The van der Waals surface area contributed by atoms with Crippen molar-refractivity contribution in [1.82, 2.24) is 4.90 Å².